The number of hydrogen-bond acceptors (Lipinski definition) is 3. The maximum absolute atomic E-state index is 13.1. The number of halogens is 1. The van der Waals surface area contributed by atoms with Crippen LogP contribution in [-0.2, 0) is 19.4 Å². The van der Waals surface area contributed by atoms with Crippen molar-refractivity contribution in [2.75, 3.05) is 0 Å². The van der Waals surface area contributed by atoms with Crippen LogP contribution in [0.25, 0.3) is 32.5 Å². The quantitative estimate of drug-likeness (QED) is 0.323. The molecule has 4 nitrogen and oxygen atoms in total. The Morgan fingerprint density at radius 3 is 2.74 bits per heavy atom. The van der Waals surface area contributed by atoms with Crippen molar-refractivity contribution in [3.05, 3.63) is 85.6 Å². The van der Waals surface area contributed by atoms with Crippen LogP contribution < -0.4 is 5.56 Å². The monoisotopic (exact) mass is 489 g/mol. The third-order valence-corrected chi connectivity index (χ3v) is 7.85. The fourth-order valence-electron chi connectivity index (χ4n) is 4.64. The molecule has 6 rings (SSSR count). The molecule has 0 saturated carbocycles. The summed E-state index contributed by atoms with van der Waals surface area (Å²) in [6, 6.07) is 16.7. The van der Waals surface area contributed by atoms with Gasteiger partial charge in [0.2, 0.25) is 0 Å². The smallest absolute Gasteiger partial charge is 0.260 e. The molecule has 0 saturated heterocycles. The molecular weight excluding hydrogens is 470 g/mol. The van der Waals surface area contributed by atoms with Crippen molar-refractivity contribution in [3.8, 4) is 11.4 Å². The van der Waals surface area contributed by atoms with Gasteiger partial charge in [-0.2, -0.15) is 0 Å². The third kappa shape index (κ3) is 3.25. The average molecular weight is 490 g/mol. The Hall–Kier alpha value is -2.70. The molecule has 154 valence electrons. The van der Waals surface area contributed by atoms with Crippen LogP contribution in [0.4, 0.5) is 0 Å². The van der Waals surface area contributed by atoms with Gasteiger partial charge in [-0.15, -0.1) is 11.3 Å². The number of aryl methyl sites for hydroxylation is 2. The van der Waals surface area contributed by atoms with Gasteiger partial charge in [-0.3, -0.25) is 4.79 Å². The zero-order valence-electron chi connectivity index (χ0n) is 16.8. The van der Waals surface area contributed by atoms with E-state index in [1.165, 1.54) is 22.4 Å². The summed E-state index contributed by atoms with van der Waals surface area (Å²) in [7, 11) is 0. The first-order valence-corrected chi connectivity index (χ1v) is 12.2. The highest BCUT2D eigenvalue weighted by molar-refractivity contribution is 9.10. The van der Waals surface area contributed by atoms with Crippen molar-refractivity contribution in [3.63, 3.8) is 0 Å². The van der Waals surface area contributed by atoms with Crippen LogP contribution in [0.3, 0.4) is 0 Å². The van der Waals surface area contributed by atoms with Gasteiger partial charge in [0.1, 0.15) is 10.7 Å². The van der Waals surface area contributed by atoms with Gasteiger partial charge in [-0.05, 0) is 55.0 Å². The fraction of sp³-hybridized carbons (Fsp3) is 0.200. The molecule has 0 amide bonds. The molecule has 0 spiro atoms. The van der Waals surface area contributed by atoms with Gasteiger partial charge in [0.15, 0.2) is 0 Å². The number of fused-ring (bicyclic) bond motifs is 4. The number of nitrogens with zero attached hydrogens (tertiary/aromatic N) is 2. The molecular formula is C25H20BrN3OS. The van der Waals surface area contributed by atoms with Crippen LogP contribution in [0, 0.1) is 0 Å². The summed E-state index contributed by atoms with van der Waals surface area (Å²) < 4.78 is 3.31. The normalized spacial score (nSPS) is 13.7. The number of benzene rings is 2. The predicted molar refractivity (Wildman–Crippen MR) is 131 cm³/mol. The first-order chi connectivity index (χ1) is 15.2. The zero-order chi connectivity index (χ0) is 20.9. The van der Waals surface area contributed by atoms with E-state index in [9.17, 15) is 4.79 Å². The topological polar surface area (TPSA) is 50.7 Å². The molecule has 0 radical (unpaired) electrons. The van der Waals surface area contributed by atoms with Crippen LogP contribution in [0.5, 0.6) is 0 Å². The standard InChI is InChI=1S/C25H20BrN3OS/c26-16-11-9-15(10-12-16)13-29-14-19(17-5-1-3-7-20(17)29)23-27-24(30)22-18-6-2-4-8-21(18)31-25(22)28-23/h1,3,5,7,9-12,14H,2,4,6,8,13H2,(H,27,28,30). The Kier molecular flexibility index (Phi) is 4.58. The summed E-state index contributed by atoms with van der Waals surface area (Å²) in [6.07, 6.45) is 6.53. The molecule has 6 heteroatoms. The molecule has 1 N–H and O–H groups in total. The van der Waals surface area contributed by atoms with Crippen LogP contribution in [0.1, 0.15) is 28.8 Å². The lowest BCUT2D eigenvalue weighted by molar-refractivity contribution is 0.700. The first-order valence-electron chi connectivity index (χ1n) is 10.5. The molecule has 1 aliphatic carbocycles. The zero-order valence-corrected chi connectivity index (χ0v) is 19.2. The van der Waals surface area contributed by atoms with Crippen molar-refractivity contribution < 1.29 is 0 Å². The average Bonchev–Trinajstić information content (AvgIpc) is 3.34. The Morgan fingerprint density at radius 2 is 1.87 bits per heavy atom. The molecule has 0 atom stereocenters. The van der Waals surface area contributed by atoms with Crippen LogP contribution in [0.15, 0.2) is 64.0 Å². The van der Waals surface area contributed by atoms with Crippen molar-refractivity contribution in [2.45, 2.75) is 32.2 Å². The van der Waals surface area contributed by atoms with Gasteiger partial charge < -0.3 is 9.55 Å². The second-order valence-electron chi connectivity index (χ2n) is 8.12. The summed E-state index contributed by atoms with van der Waals surface area (Å²) >= 11 is 5.20. The van der Waals surface area contributed by atoms with Crippen LogP contribution in [-0.4, -0.2) is 14.5 Å². The Bertz CT molecular complexity index is 1490. The molecule has 3 aromatic heterocycles. The molecule has 5 aromatic rings. The van der Waals surface area contributed by atoms with Gasteiger partial charge >= 0.3 is 0 Å². The molecule has 31 heavy (non-hydrogen) atoms. The lowest BCUT2D eigenvalue weighted by Gasteiger charge is -2.09. The van der Waals surface area contributed by atoms with Crippen LogP contribution >= 0.6 is 27.3 Å². The number of para-hydroxylation sites is 1. The van der Waals surface area contributed by atoms with E-state index in [-0.39, 0.29) is 5.56 Å². The summed E-state index contributed by atoms with van der Waals surface area (Å²) in [5.41, 5.74) is 4.54. The highest BCUT2D eigenvalue weighted by Gasteiger charge is 2.21. The maximum atomic E-state index is 13.1. The predicted octanol–water partition coefficient (Wildman–Crippen LogP) is 6.30. The summed E-state index contributed by atoms with van der Waals surface area (Å²) in [5, 5.41) is 1.91. The number of rotatable bonds is 3. The Labute approximate surface area is 191 Å². The summed E-state index contributed by atoms with van der Waals surface area (Å²) in [5.74, 6) is 0.654. The molecule has 0 fully saturated rings. The minimum absolute atomic E-state index is 0.0101. The number of nitrogens with one attached hydrogen (secondary N) is 1. The van der Waals surface area contributed by atoms with E-state index in [2.05, 4.69) is 74.1 Å². The van der Waals surface area contributed by atoms with Gasteiger partial charge in [0.25, 0.3) is 5.56 Å². The minimum Gasteiger partial charge on any atom is -0.342 e. The SMILES string of the molecule is O=c1[nH]c(-c2cn(Cc3ccc(Br)cc3)c3ccccc23)nc2sc3c(c12)CCCC3. The largest absolute Gasteiger partial charge is 0.342 e. The summed E-state index contributed by atoms with van der Waals surface area (Å²) in [4.78, 5) is 23.3. The van der Waals surface area contributed by atoms with E-state index in [1.807, 2.05) is 6.07 Å². The van der Waals surface area contributed by atoms with Crippen molar-refractivity contribution in [1.82, 2.24) is 14.5 Å². The molecule has 3 heterocycles. The van der Waals surface area contributed by atoms with E-state index in [0.29, 0.717) is 5.82 Å². The minimum atomic E-state index is -0.0101. The number of thiophene rings is 1. The van der Waals surface area contributed by atoms with Gasteiger partial charge in [0.05, 0.1) is 5.39 Å². The third-order valence-electron chi connectivity index (χ3n) is 6.13. The van der Waals surface area contributed by atoms with Gasteiger partial charge in [-0.1, -0.05) is 46.3 Å². The van der Waals surface area contributed by atoms with Crippen LogP contribution in [0.2, 0.25) is 0 Å². The van der Waals surface area contributed by atoms with E-state index in [1.54, 1.807) is 11.3 Å². The van der Waals surface area contributed by atoms with E-state index >= 15 is 0 Å². The Balaban J connectivity index is 1.51. The molecule has 0 bridgehead atoms. The first kappa shape index (κ1) is 19.0. The number of hydrogen-bond donors (Lipinski definition) is 1. The molecule has 1 aliphatic rings. The second kappa shape index (κ2) is 7.46. The van der Waals surface area contributed by atoms with E-state index in [0.717, 1.165) is 57.0 Å². The molecule has 0 unspecified atom stereocenters. The van der Waals surface area contributed by atoms with Gasteiger partial charge in [-0.25, -0.2) is 4.98 Å². The maximum Gasteiger partial charge on any atom is 0.260 e. The summed E-state index contributed by atoms with van der Waals surface area (Å²) in [6.45, 7) is 0.758. The van der Waals surface area contributed by atoms with Gasteiger partial charge in [0, 0.05) is 38.6 Å². The number of aromatic nitrogens is 3. The highest BCUT2D eigenvalue weighted by Crippen LogP contribution is 2.35. The van der Waals surface area contributed by atoms with Crippen molar-refractivity contribution in [2.24, 2.45) is 0 Å². The lowest BCUT2D eigenvalue weighted by atomic mass is 9.97. The lowest BCUT2D eigenvalue weighted by Crippen LogP contribution is -2.11. The van der Waals surface area contributed by atoms with E-state index < -0.39 is 0 Å². The highest BCUT2D eigenvalue weighted by atomic mass is 79.9. The number of aromatic amines is 1. The fourth-order valence-corrected chi connectivity index (χ4v) is 6.17. The number of H-pyrrole nitrogens is 1. The second-order valence-corrected chi connectivity index (χ2v) is 10.1. The van der Waals surface area contributed by atoms with Crippen molar-refractivity contribution >= 4 is 48.4 Å². The molecule has 0 aliphatic heterocycles. The molecule has 2 aromatic carbocycles. The Morgan fingerprint density at radius 1 is 1.06 bits per heavy atom. The van der Waals surface area contributed by atoms with E-state index in [4.69, 9.17) is 4.98 Å². The van der Waals surface area contributed by atoms with Crippen molar-refractivity contribution in [1.29, 1.82) is 0 Å².